The molecule has 24 heteroatoms. The van der Waals surface area contributed by atoms with Crippen molar-refractivity contribution in [3.63, 3.8) is 0 Å². The molecule has 0 heterocycles. The maximum atomic E-state index is 17.9. The van der Waals surface area contributed by atoms with E-state index in [9.17, 15) is 40.9 Å². The summed E-state index contributed by atoms with van der Waals surface area (Å²) < 4.78 is 0. The Kier molecular flexibility index (Phi) is 33.2. The first-order valence-corrected chi connectivity index (χ1v) is 41.9. The van der Waals surface area contributed by atoms with Gasteiger partial charge in [0.2, 0.25) is 0 Å². The Bertz CT molecular complexity index is 4630. The van der Waals surface area contributed by atoms with Crippen LogP contribution in [0.2, 0.25) is 0 Å². The summed E-state index contributed by atoms with van der Waals surface area (Å²) in [6.45, 7) is 5.42. The monoisotopic (exact) mass is 1660 g/mol. The highest BCUT2D eigenvalue weighted by atomic mass is 16.3. The van der Waals surface area contributed by atoms with E-state index in [4.69, 9.17) is 0 Å². The van der Waals surface area contributed by atoms with Crippen molar-refractivity contribution in [3.05, 3.63) is 283 Å². The Hall–Kier alpha value is -12.1. The highest BCUT2D eigenvalue weighted by Crippen LogP contribution is 2.45. The Morgan fingerprint density at radius 2 is 0.279 bits per heavy atom. The molecular formula is C98H112N8O16. The lowest BCUT2D eigenvalue weighted by Gasteiger charge is -2.33. The molecule has 0 spiro atoms. The highest BCUT2D eigenvalue weighted by Gasteiger charge is 2.48. The number of aliphatic hydroxyl groups excluding tert-OH is 8. The third-order valence-electron chi connectivity index (χ3n) is 22.3. The number of carbonyl (C=O) groups is 8. The lowest BCUT2D eigenvalue weighted by Crippen LogP contribution is -2.45. The second kappa shape index (κ2) is 43.9. The first-order chi connectivity index (χ1) is 59.1. The number of benzene rings is 10. The third kappa shape index (κ3) is 21.4. The Morgan fingerprint density at radius 1 is 0.180 bits per heavy atom. The van der Waals surface area contributed by atoms with Crippen LogP contribution in [-0.2, 0) is 51.4 Å². The highest BCUT2D eigenvalue weighted by molar-refractivity contribution is 6.39. The summed E-state index contributed by atoms with van der Waals surface area (Å²) in [5, 5.41) is 120. The van der Waals surface area contributed by atoms with E-state index in [1.165, 1.54) is 0 Å². The van der Waals surface area contributed by atoms with Crippen molar-refractivity contribution in [2.24, 2.45) is 0 Å². The molecule has 0 saturated heterocycles. The number of fused-ring (bicyclic) bond motifs is 1. The molecule has 0 bridgehead atoms. The van der Waals surface area contributed by atoms with Crippen molar-refractivity contribution in [2.75, 3.05) is 95.4 Å². The molecule has 0 saturated carbocycles. The van der Waals surface area contributed by atoms with Crippen LogP contribution in [-0.4, -0.2) is 188 Å². The predicted molar refractivity (Wildman–Crippen MR) is 481 cm³/mol. The van der Waals surface area contributed by atoms with Crippen LogP contribution in [0.5, 0.6) is 0 Å². The second-order valence-corrected chi connectivity index (χ2v) is 30.1. The maximum absolute atomic E-state index is 17.9. The van der Waals surface area contributed by atoms with Crippen LogP contribution in [0.15, 0.2) is 194 Å². The van der Waals surface area contributed by atoms with Crippen LogP contribution in [0.1, 0.15) is 183 Å². The molecule has 16 N–H and O–H groups in total. The molecule has 122 heavy (non-hydrogen) atoms. The van der Waals surface area contributed by atoms with Gasteiger partial charge in [-0.3, -0.25) is 38.4 Å². The quantitative estimate of drug-likeness (QED) is 0.0158. The molecule has 0 aromatic heterocycles. The molecular weight excluding hydrogens is 1550 g/mol. The van der Waals surface area contributed by atoms with Crippen LogP contribution >= 0.6 is 0 Å². The molecule has 10 aromatic rings. The average Bonchev–Trinajstić information content (AvgIpc) is 0.688. The molecule has 10 aromatic carbocycles. The van der Waals surface area contributed by atoms with E-state index >= 15 is 38.4 Å². The third-order valence-corrected chi connectivity index (χ3v) is 22.3. The fourth-order valence-electron chi connectivity index (χ4n) is 15.0. The number of ketones is 8. The minimum absolute atomic E-state index is 0.150. The van der Waals surface area contributed by atoms with E-state index in [2.05, 4.69) is 42.5 Å². The van der Waals surface area contributed by atoms with E-state index < -0.39 is 203 Å². The lowest BCUT2D eigenvalue weighted by atomic mass is 9.71. The first kappa shape index (κ1) is 92.2. The van der Waals surface area contributed by atoms with Crippen molar-refractivity contribution in [1.82, 2.24) is 0 Å². The van der Waals surface area contributed by atoms with Gasteiger partial charge in [-0.05, 0) is 193 Å². The number of Topliss-reactive ketones (excluding diaryl/α,β-unsaturated/α-hetero) is 8. The second-order valence-electron chi connectivity index (χ2n) is 30.1. The lowest BCUT2D eigenvalue weighted by molar-refractivity contribution is 0.0875. The number of hydrogen-bond donors (Lipinski definition) is 16. The molecule has 0 amide bonds. The van der Waals surface area contributed by atoms with E-state index in [0.717, 1.165) is 44.5 Å². The molecule has 24 nitrogen and oxygen atoms in total. The van der Waals surface area contributed by atoms with Gasteiger partial charge in [0, 0.05) is 101 Å². The molecule has 0 radical (unpaired) electrons. The first-order valence-electron chi connectivity index (χ1n) is 41.9. The molecule has 0 unspecified atom stereocenters. The van der Waals surface area contributed by atoms with E-state index in [1.807, 2.05) is 55.4 Å². The zero-order valence-electron chi connectivity index (χ0n) is 70.3. The van der Waals surface area contributed by atoms with Crippen molar-refractivity contribution in [1.29, 1.82) is 0 Å². The van der Waals surface area contributed by atoms with Crippen LogP contribution in [0.4, 0.5) is 45.5 Å². The van der Waals surface area contributed by atoms with Crippen molar-refractivity contribution >= 4 is 103 Å². The number of anilines is 8. The van der Waals surface area contributed by atoms with Crippen LogP contribution in [0, 0.1) is 0 Å². The molecule has 0 fully saturated rings. The topological polar surface area (TPSA) is 395 Å². The van der Waals surface area contributed by atoms with Crippen LogP contribution < -0.4 is 42.5 Å². The van der Waals surface area contributed by atoms with E-state index in [-0.39, 0.29) is 45.5 Å². The number of carbonyl (C=O) groups excluding carboxylic acids is 8. The summed E-state index contributed by atoms with van der Waals surface area (Å²) in [6.07, 6.45) is 4.41. The van der Waals surface area contributed by atoms with Gasteiger partial charge in [-0.1, -0.05) is 152 Å². The fourth-order valence-corrected chi connectivity index (χ4v) is 15.0. The summed E-state index contributed by atoms with van der Waals surface area (Å²) >= 11 is 0. The Morgan fingerprint density at radius 3 is 0.369 bits per heavy atom. The minimum atomic E-state index is -2.09. The molecule has 640 valence electrons. The molecule has 10 rings (SSSR count). The van der Waals surface area contributed by atoms with Crippen LogP contribution in [0.25, 0.3) is 10.8 Å². The molecule has 0 aliphatic carbocycles. The smallest absolute Gasteiger partial charge is 0.188 e. The zero-order valence-corrected chi connectivity index (χ0v) is 70.3. The van der Waals surface area contributed by atoms with Gasteiger partial charge in [0.25, 0.3) is 0 Å². The van der Waals surface area contributed by atoms with Gasteiger partial charge in [0.05, 0.1) is 52.9 Å². The van der Waals surface area contributed by atoms with Gasteiger partial charge in [-0.2, -0.15) is 0 Å². The number of aryl methyl sites for hydroxylation is 8. The normalized spacial score (nSPS) is 13.3. The largest absolute Gasteiger partial charge is 0.394 e. The predicted octanol–water partition coefficient (Wildman–Crippen LogP) is 12.6. The van der Waals surface area contributed by atoms with E-state index in [0.29, 0.717) is 51.4 Å². The van der Waals surface area contributed by atoms with Crippen molar-refractivity contribution in [2.45, 2.75) is 155 Å². The standard InChI is InChI=1S/C98H112N8O16/c1-9-57-17-33-65(34-18-57)99-73(49-107)91(115)83-81-82(85(93(117)75(51-109)101-67-37-21-59(11-3)22-38-67)88(96(120)78(54-112)104-70-43-27-62(14-6)28-44-70)87(83)95(119)77(53-111)103-69-41-25-61(13-5)26-42-69)86(94(118)76(52-110)102-68-39-23-60(12-4)24-40-68)90(98(122)80(56-114)106-72-47-31-64(16-8)32-48-72)89(97(121)79(55-113)105-71-45-29-63(15-7)30-46-71)84(81)92(116)74(50-108)100-66-35-19-58(10-2)20-36-66/h17-48,73-80,99-114H,9-16,49-56H2,1-8H3/t73-,74-,75-,76-,77-,78-,79-,80-/m0/s1. The molecule has 8 atom stereocenters. The summed E-state index contributed by atoms with van der Waals surface area (Å²) in [7, 11) is 0. The molecule has 0 aliphatic heterocycles. The molecule has 0 aliphatic rings. The van der Waals surface area contributed by atoms with Gasteiger partial charge in [0.15, 0.2) is 46.3 Å². The Labute approximate surface area is 711 Å². The van der Waals surface area contributed by atoms with Gasteiger partial charge in [-0.15, -0.1) is 0 Å². The number of nitrogens with one attached hydrogen (secondary N) is 8. The van der Waals surface area contributed by atoms with Gasteiger partial charge >= 0.3 is 0 Å². The minimum Gasteiger partial charge on any atom is -0.394 e. The fraction of sp³-hybridized carbons (Fsp3) is 0.327. The van der Waals surface area contributed by atoms with Gasteiger partial charge < -0.3 is 83.4 Å². The number of rotatable bonds is 48. The van der Waals surface area contributed by atoms with Crippen molar-refractivity contribution < 1.29 is 79.2 Å². The maximum Gasteiger partial charge on any atom is 0.188 e. The summed E-state index contributed by atoms with van der Waals surface area (Å²) in [4.78, 5) is 142. The summed E-state index contributed by atoms with van der Waals surface area (Å²) in [6, 6.07) is 36.4. The number of aliphatic hydroxyl groups is 8. The summed E-state index contributed by atoms with van der Waals surface area (Å²) in [5.41, 5.74) is -1.43. The Balaban J connectivity index is 1.58. The summed E-state index contributed by atoms with van der Waals surface area (Å²) in [5.74, 6) is -11.5. The SMILES string of the molecule is CCc1ccc(N[C@@H](CO)C(=O)c2c(C(=O)[C@H](CO)Nc3ccc(CC)cc3)c(C(=O)[C@H](CO)Nc3ccc(CC)cc3)c3c(C(=O)[C@H](CO)Nc4ccc(CC)cc4)c(C(=O)[C@H](CO)Nc4ccc(CC)cc4)c(C(=O)[C@H](CO)Nc4ccc(CC)cc4)c(C(=O)[C@H](CO)Nc4ccc(CC)cc4)c3c2C(=O)[C@H](CO)Nc2ccc(CC)cc2)cc1. The van der Waals surface area contributed by atoms with E-state index in [1.54, 1.807) is 194 Å². The van der Waals surface area contributed by atoms with Crippen LogP contribution in [0.3, 0.4) is 0 Å². The van der Waals surface area contributed by atoms with Crippen molar-refractivity contribution in [3.8, 4) is 0 Å². The number of hydrogen-bond acceptors (Lipinski definition) is 24. The van der Waals surface area contributed by atoms with Gasteiger partial charge in [-0.25, -0.2) is 0 Å². The zero-order chi connectivity index (χ0) is 87.8. The van der Waals surface area contributed by atoms with Gasteiger partial charge in [0.1, 0.15) is 48.3 Å². The average molecular weight is 1660 g/mol.